The number of rotatable bonds is 13. The fourth-order valence-electron chi connectivity index (χ4n) is 8.08. The van der Waals surface area contributed by atoms with Crippen LogP contribution < -0.4 is 16.0 Å². The summed E-state index contributed by atoms with van der Waals surface area (Å²) in [6, 6.07) is 5.81. The van der Waals surface area contributed by atoms with Crippen molar-refractivity contribution in [2.24, 2.45) is 23.2 Å². The average molecular weight is 703 g/mol. The summed E-state index contributed by atoms with van der Waals surface area (Å²) in [6.07, 6.45) is 12.9. The van der Waals surface area contributed by atoms with Crippen LogP contribution in [0.3, 0.4) is 0 Å². The molecule has 12 nitrogen and oxygen atoms in total. The van der Waals surface area contributed by atoms with Crippen molar-refractivity contribution in [2.75, 3.05) is 13.2 Å². The lowest BCUT2D eigenvalue weighted by atomic mass is 9.82. The van der Waals surface area contributed by atoms with Crippen molar-refractivity contribution in [3.63, 3.8) is 0 Å². The molecule has 3 fully saturated rings. The Labute approximate surface area is 301 Å². The van der Waals surface area contributed by atoms with Gasteiger partial charge in [0.25, 0.3) is 5.91 Å². The number of esters is 1. The van der Waals surface area contributed by atoms with E-state index < -0.39 is 47.4 Å². The number of ether oxygens (including phenoxy) is 1. The Morgan fingerprint density at radius 2 is 1.67 bits per heavy atom. The first-order valence-electron chi connectivity index (χ1n) is 18.7. The molecule has 1 aromatic heterocycles. The third-order valence-electron chi connectivity index (χ3n) is 10.7. The predicted octanol–water partition coefficient (Wildman–Crippen LogP) is 4.46. The van der Waals surface area contributed by atoms with Crippen LogP contribution >= 0.6 is 0 Å². The SMILES string of the molecule is CCC[C@@H](COC(=O)c1ccccc1)NC(=O)[C@@H]1[C@H]2CCC[C@H]2CN1C(=O)[C@@H](NC(=O)[C@@H](NC(=O)c1cnccn1)C1CCCCC1)C(C)(C)C. The highest BCUT2D eigenvalue weighted by Crippen LogP contribution is 2.43. The largest absolute Gasteiger partial charge is 0.460 e. The quantitative estimate of drug-likeness (QED) is 0.258. The van der Waals surface area contributed by atoms with Crippen LogP contribution in [-0.2, 0) is 19.1 Å². The van der Waals surface area contributed by atoms with E-state index in [1.54, 1.807) is 29.2 Å². The Morgan fingerprint density at radius 3 is 2.33 bits per heavy atom. The Kier molecular flexibility index (Phi) is 12.8. The molecule has 3 aliphatic rings. The summed E-state index contributed by atoms with van der Waals surface area (Å²) in [5.41, 5.74) is -0.147. The van der Waals surface area contributed by atoms with Crippen LogP contribution in [0.15, 0.2) is 48.9 Å². The number of likely N-dealkylation sites (tertiary alicyclic amines) is 1. The van der Waals surface area contributed by atoms with Gasteiger partial charge in [-0.3, -0.25) is 24.2 Å². The van der Waals surface area contributed by atoms with E-state index in [0.29, 0.717) is 18.5 Å². The van der Waals surface area contributed by atoms with Gasteiger partial charge in [-0.05, 0) is 67.4 Å². The Bertz CT molecular complexity index is 1510. The predicted molar refractivity (Wildman–Crippen MR) is 191 cm³/mol. The molecule has 1 saturated heterocycles. The molecule has 0 bridgehead atoms. The van der Waals surface area contributed by atoms with Gasteiger partial charge in [-0.1, -0.05) is 78.0 Å². The fraction of sp³-hybridized carbons (Fsp3) is 0.615. The van der Waals surface area contributed by atoms with Gasteiger partial charge in [0.2, 0.25) is 17.7 Å². The number of carbonyl (C=O) groups is 5. The summed E-state index contributed by atoms with van der Waals surface area (Å²) in [6.45, 7) is 8.14. The van der Waals surface area contributed by atoms with Crippen molar-refractivity contribution < 1.29 is 28.7 Å². The van der Waals surface area contributed by atoms with Crippen LogP contribution in [0.4, 0.5) is 0 Å². The first kappa shape index (κ1) is 37.9. The third kappa shape index (κ3) is 9.51. The molecule has 0 radical (unpaired) electrons. The maximum atomic E-state index is 14.7. The van der Waals surface area contributed by atoms with E-state index in [1.165, 1.54) is 18.6 Å². The molecular formula is C39H54N6O6. The summed E-state index contributed by atoms with van der Waals surface area (Å²) >= 11 is 0. The van der Waals surface area contributed by atoms with Gasteiger partial charge >= 0.3 is 5.97 Å². The minimum atomic E-state index is -0.947. The van der Waals surface area contributed by atoms with E-state index in [0.717, 1.165) is 57.8 Å². The van der Waals surface area contributed by atoms with Gasteiger partial charge in [0, 0.05) is 18.9 Å². The molecule has 51 heavy (non-hydrogen) atoms. The van der Waals surface area contributed by atoms with Crippen LogP contribution in [0.1, 0.15) is 113 Å². The van der Waals surface area contributed by atoms with Crippen molar-refractivity contribution in [1.29, 1.82) is 0 Å². The zero-order valence-corrected chi connectivity index (χ0v) is 30.4. The van der Waals surface area contributed by atoms with E-state index in [9.17, 15) is 24.0 Å². The summed E-state index contributed by atoms with van der Waals surface area (Å²) < 4.78 is 5.60. The number of nitrogens with zero attached hydrogens (tertiary/aromatic N) is 3. The molecule has 276 valence electrons. The van der Waals surface area contributed by atoms with E-state index >= 15 is 0 Å². The van der Waals surface area contributed by atoms with Gasteiger partial charge in [0.15, 0.2) is 0 Å². The van der Waals surface area contributed by atoms with Crippen LogP contribution in [0.2, 0.25) is 0 Å². The summed E-state index contributed by atoms with van der Waals surface area (Å²) in [4.78, 5) is 78.7. The molecule has 2 aliphatic carbocycles. The lowest BCUT2D eigenvalue weighted by Crippen LogP contribution is -2.62. The second-order valence-electron chi connectivity index (χ2n) is 15.5. The summed E-state index contributed by atoms with van der Waals surface area (Å²) in [5, 5.41) is 9.09. The normalized spacial score (nSPS) is 22.3. The molecule has 2 aromatic rings. The van der Waals surface area contributed by atoms with E-state index in [2.05, 4.69) is 25.9 Å². The van der Waals surface area contributed by atoms with Crippen molar-refractivity contribution in [3.8, 4) is 0 Å². The maximum absolute atomic E-state index is 14.7. The van der Waals surface area contributed by atoms with Crippen LogP contribution in [-0.4, -0.2) is 81.8 Å². The van der Waals surface area contributed by atoms with Gasteiger partial charge in [-0.2, -0.15) is 0 Å². The standard InChI is InChI=1S/C39H54N6O6/c1-5-13-28(24-51-38(50)26-16-10-7-11-17-26)42-36(48)32-29-19-12-18-27(29)23-45(32)37(49)33(39(2,3)4)44-35(47)31(25-14-8-6-9-15-25)43-34(46)30-22-40-20-21-41-30/h7,10-11,16-17,20-22,25,27-29,31-33H,5-6,8-9,12-15,18-19,23-24H2,1-4H3,(H,42,48)(H,43,46)(H,44,47)/t27-,28-,29-,31-,32-,33+/m0/s1. The van der Waals surface area contributed by atoms with Crippen LogP contribution in [0.5, 0.6) is 0 Å². The maximum Gasteiger partial charge on any atom is 0.338 e. The number of carbonyl (C=O) groups excluding carboxylic acids is 5. The lowest BCUT2D eigenvalue weighted by Gasteiger charge is -2.38. The van der Waals surface area contributed by atoms with Crippen LogP contribution in [0, 0.1) is 23.2 Å². The lowest BCUT2D eigenvalue weighted by molar-refractivity contribution is -0.145. The first-order valence-corrected chi connectivity index (χ1v) is 18.7. The van der Waals surface area contributed by atoms with Gasteiger partial charge in [-0.25, -0.2) is 9.78 Å². The number of fused-ring (bicyclic) bond motifs is 1. The topological polar surface area (TPSA) is 160 Å². The molecule has 6 atom stereocenters. The molecule has 5 rings (SSSR count). The number of hydrogen-bond donors (Lipinski definition) is 3. The number of nitrogens with one attached hydrogen (secondary N) is 3. The number of amides is 4. The van der Waals surface area contributed by atoms with Gasteiger partial charge in [-0.15, -0.1) is 0 Å². The molecule has 0 unspecified atom stereocenters. The molecule has 1 aromatic carbocycles. The molecule has 2 saturated carbocycles. The molecule has 3 N–H and O–H groups in total. The smallest absolute Gasteiger partial charge is 0.338 e. The molecule has 12 heteroatoms. The van der Waals surface area contributed by atoms with E-state index in [-0.39, 0.29) is 41.9 Å². The Morgan fingerprint density at radius 1 is 0.922 bits per heavy atom. The van der Waals surface area contributed by atoms with Gasteiger partial charge < -0.3 is 25.6 Å². The highest BCUT2D eigenvalue weighted by atomic mass is 16.5. The second kappa shape index (κ2) is 17.2. The molecule has 1 aliphatic heterocycles. The third-order valence-corrected chi connectivity index (χ3v) is 10.7. The fourth-order valence-corrected chi connectivity index (χ4v) is 8.08. The summed E-state index contributed by atoms with van der Waals surface area (Å²) in [5.74, 6) is -1.85. The van der Waals surface area contributed by atoms with E-state index in [4.69, 9.17) is 4.74 Å². The van der Waals surface area contributed by atoms with E-state index in [1.807, 2.05) is 33.8 Å². The Hall–Kier alpha value is -4.35. The Balaban J connectivity index is 1.33. The van der Waals surface area contributed by atoms with Crippen molar-refractivity contribution >= 4 is 29.6 Å². The first-order chi connectivity index (χ1) is 24.5. The highest BCUT2D eigenvalue weighted by Gasteiger charge is 2.52. The second-order valence-corrected chi connectivity index (χ2v) is 15.5. The number of benzene rings is 1. The van der Waals surface area contributed by atoms with Crippen LogP contribution in [0.25, 0.3) is 0 Å². The highest BCUT2D eigenvalue weighted by molar-refractivity contribution is 5.98. The van der Waals surface area contributed by atoms with Gasteiger partial charge in [0.1, 0.15) is 30.4 Å². The van der Waals surface area contributed by atoms with Crippen molar-refractivity contribution in [2.45, 2.75) is 116 Å². The average Bonchev–Trinajstić information content (AvgIpc) is 3.74. The molecule has 0 spiro atoms. The minimum Gasteiger partial charge on any atom is -0.460 e. The zero-order valence-electron chi connectivity index (χ0n) is 30.4. The number of aromatic nitrogens is 2. The monoisotopic (exact) mass is 702 g/mol. The molecule has 2 heterocycles. The molecule has 4 amide bonds. The molecular weight excluding hydrogens is 648 g/mol. The number of hydrogen-bond acceptors (Lipinski definition) is 8. The van der Waals surface area contributed by atoms with Crippen molar-refractivity contribution in [3.05, 3.63) is 60.2 Å². The minimum absolute atomic E-state index is 0.000623. The van der Waals surface area contributed by atoms with Gasteiger partial charge in [0.05, 0.1) is 17.8 Å². The summed E-state index contributed by atoms with van der Waals surface area (Å²) in [7, 11) is 0. The van der Waals surface area contributed by atoms with Crippen molar-refractivity contribution in [1.82, 2.24) is 30.8 Å². The zero-order chi connectivity index (χ0) is 36.5.